The van der Waals surface area contributed by atoms with E-state index < -0.39 is 0 Å². The van der Waals surface area contributed by atoms with E-state index in [0.717, 1.165) is 22.5 Å². The molecule has 2 rings (SSSR count). The van der Waals surface area contributed by atoms with Crippen LogP contribution in [-0.4, -0.2) is 15.2 Å². The predicted octanol–water partition coefficient (Wildman–Crippen LogP) is 2.04. The molecule has 3 nitrogen and oxygen atoms in total. The zero-order valence-electron chi connectivity index (χ0n) is 8.33. The van der Waals surface area contributed by atoms with Crippen LogP contribution in [0.4, 0.5) is 0 Å². The highest BCUT2D eigenvalue weighted by atomic mass is 32.2. The summed E-state index contributed by atoms with van der Waals surface area (Å²) in [7, 11) is 0. The Morgan fingerprint density at radius 1 is 1.50 bits per heavy atom. The van der Waals surface area contributed by atoms with Gasteiger partial charge in [0, 0.05) is 23.7 Å². The standard InChI is InChI=1S/C10H17N3S/c11-5-8-6-12-10(13-8)7-14-9-3-1-2-4-9/h6,9H,1-5,7,11H2,(H,12,13). The lowest BCUT2D eigenvalue weighted by molar-refractivity contribution is 0.886. The predicted molar refractivity (Wildman–Crippen MR) is 60.0 cm³/mol. The quantitative estimate of drug-likeness (QED) is 0.801. The summed E-state index contributed by atoms with van der Waals surface area (Å²) in [6, 6.07) is 0. The van der Waals surface area contributed by atoms with E-state index in [4.69, 9.17) is 5.73 Å². The fourth-order valence-electron chi connectivity index (χ4n) is 1.83. The van der Waals surface area contributed by atoms with Gasteiger partial charge >= 0.3 is 0 Å². The highest BCUT2D eigenvalue weighted by Gasteiger charge is 2.15. The number of hydrogen-bond acceptors (Lipinski definition) is 3. The molecule has 1 fully saturated rings. The van der Waals surface area contributed by atoms with Crippen molar-refractivity contribution in [2.75, 3.05) is 0 Å². The van der Waals surface area contributed by atoms with Gasteiger partial charge in [-0.25, -0.2) is 4.98 Å². The number of imidazole rings is 1. The first kappa shape index (κ1) is 10.1. The molecule has 3 N–H and O–H groups in total. The van der Waals surface area contributed by atoms with E-state index in [0.29, 0.717) is 6.54 Å². The maximum Gasteiger partial charge on any atom is 0.116 e. The van der Waals surface area contributed by atoms with Gasteiger partial charge in [0.1, 0.15) is 5.82 Å². The first-order valence-corrected chi connectivity index (χ1v) is 6.28. The summed E-state index contributed by atoms with van der Waals surface area (Å²) in [4.78, 5) is 7.52. The van der Waals surface area contributed by atoms with Crippen LogP contribution < -0.4 is 5.73 Å². The van der Waals surface area contributed by atoms with E-state index in [1.54, 1.807) is 0 Å². The van der Waals surface area contributed by atoms with Gasteiger partial charge in [0.2, 0.25) is 0 Å². The fourth-order valence-corrected chi connectivity index (χ4v) is 3.04. The molecule has 1 aromatic heterocycles. The van der Waals surface area contributed by atoms with Gasteiger partial charge in [0.05, 0.1) is 5.75 Å². The average Bonchev–Trinajstić information content (AvgIpc) is 2.86. The van der Waals surface area contributed by atoms with Crippen molar-refractivity contribution in [1.82, 2.24) is 9.97 Å². The van der Waals surface area contributed by atoms with E-state index in [2.05, 4.69) is 9.97 Å². The number of H-pyrrole nitrogens is 1. The zero-order valence-corrected chi connectivity index (χ0v) is 9.15. The molecule has 0 radical (unpaired) electrons. The van der Waals surface area contributed by atoms with Gasteiger partial charge in [-0.15, -0.1) is 0 Å². The summed E-state index contributed by atoms with van der Waals surface area (Å²) in [5.74, 6) is 2.08. The molecular formula is C10H17N3S. The zero-order chi connectivity index (χ0) is 9.80. The summed E-state index contributed by atoms with van der Waals surface area (Å²) in [5, 5.41) is 0.862. The Hall–Kier alpha value is -0.480. The van der Waals surface area contributed by atoms with Crippen LogP contribution in [0.15, 0.2) is 6.20 Å². The molecule has 0 saturated heterocycles. The number of nitrogens with zero attached hydrogens (tertiary/aromatic N) is 1. The van der Waals surface area contributed by atoms with Gasteiger partial charge < -0.3 is 10.7 Å². The van der Waals surface area contributed by atoms with Gasteiger partial charge in [-0.2, -0.15) is 11.8 Å². The third-order valence-corrected chi connectivity index (χ3v) is 4.04. The van der Waals surface area contributed by atoms with Crippen LogP contribution in [0.1, 0.15) is 37.2 Å². The number of nitrogens with one attached hydrogen (secondary N) is 1. The van der Waals surface area contributed by atoms with Crippen LogP contribution in [0, 0.1) is 0 Å². The summed E-state index contributed by atoms with van der Waals surface area (Å²) < 4.78 is 0. The molecule has 0 aliphatic heterocycles. The summed E-state index contributed by atoms with van der Waals surface area (Å²) in [6.07, 6.45) is 7.42. The van der Waals surface area contributed by atoms with Gasteiger partial charge in [0.25, 0.3) is 0 Å². The third kappa shape index (κ3) is 2.51. The normalized spacial score (nSPS) is 17.8. The second-order valence-electron chi connectivity index (χ2n) is 3.78. The molecule has 0 spiro atoms. The highest BCUT2D eigenvalue weighted by Crippen LogP contribution is 2.30. The van der Waals surface area contributed by atoms with Gasteiger partial charge in [-0.1, -0.05) is 12.8 Å². The van der Waals surface area contributed by atoms with E-state index in [-0.39, 0.29) is 0 Å². The van der Waals surface area contributed by atoms with Gasteiger partial charge in [-0.05, 0) is 12.8 Å². The van der Waals surface area contributed by atoms with E-state index in [1.165, 1.54) is 25.7 Å². The lowest BCUT2D eigenvalue weighted by atomic mass is 10.4. The second kappa shape index (κ2) is 4.84. The maximum atomic E-state index is 5.50. The molecule has 78 valence electrons. The van der Waals surface area contributed by atoms with Gasteiger partial charge in [0.15, 0.2) is 0 Å². The van der Waals surface area contributed by atoms with E-state index >= 15 is 0 Å². The van der Waals surface area contributed by atoms with E-state index in [9.17, 15) is 0 Å². The minimum atomic E-state index is 0.557. The number of aromatic amines is 1. The molecule has 1 aliphatic carbocycles. The minimum Gasteiger partial charge on any atom is -0.344 e. The van der Waals surface area contributed by atoms with Crippen molar-refractivity contribution in [2.24, 2.45) is 5.73 Å². The molecule has 14 heavy (non-hydrogen) atoms. The van der Waals surface area contributed by atoms with Crippen molar-refractivity contribution >= 4 is 11.8 Å². The Morgan fingerprint density at radius 2 is 2.29 bits per heavy atom. The lowest BCUT2D eigenvalue weighted by Gasteiger charge is -2.05. The van der Waals surface area contributed by atoms with Crippen LogP contribution in [0.2, 0.25) is 0 Å². The third-order valence-electron chi connectivity index (χ3n) is 2.66. The summed E-state index contributed by atoms with van der Waals surface area (Å²) >= 11 is 2.03. The van der Waals surface area contributed by atoms with Crippen molar-refractivity contribution in [2.45, 2.75) is 43.2 Å². The molecule has 0 aromatic carbocycles. The van der Waals surface area contributed by atoms with Crippen LogP contribution in [0.5, 0.6) is 0 Å². The Bertz CT molecular complexity index is 279. The van der Waals surface area contributed by atoms with Gasteiger partial charge in [-0.3, -0.25) is 0 Å². The van der Waals surface area contributed by atoms with Crippen molar-refractivity contribution in [1.29, 1.82) is 0 Å². The van der Waals surface area contributed by atoms with Crippen molar-refractivity contribution in [3.8, 4) is 0 Å². The minimum absolute atomic E-state index is 0.557. The lowest BCUT2D eigenvalue weighted by Crippen LogP contribution is -1.98. The molecule has 0 bridgehead atoms. The first-order valence-electron chi connectivity index (χ1n) is 5.23. The number of nitrogens with two attached hydrogens (primary N) is 1. The van der Waals surface area contributed by atoms with Crippen LogP contribution in [0.25, 0.3) is 0 Å². The second-order valence-corrected chi connectivity index (χ2v) is 5.07. The molecule has 1 aliphatic rings. The Balaban J connectivity index is 1.79. The molecule has 1 saturated carbocycles. The fraction of sp³-hybridized carbons (Fsp3) is 0.700. The van der Waals surface area contributed by atoms with Crippen molar-refractivity contribution < 1.29 is 0 Å². The maximum absolute atomic E-state index is 5.50. The molecule has 0 amide bonds. The largest absolute Gasteiger partial charge is 0.344 e. The monoisotopic (exact) mass is 211 g/mol. The number of aromatic nitrogens is 2. The van der Waals surface area contributed by atoms with Crippen LogP contribution in [0.3, 0.4) is 0 Å². The van der Waals surface area contributed by atoms with E-state index in [1.807, 2.05) is 18.0 Å². The van der Waals surface area contributed by atoms with Crippen LogP contribution in [-0.2, 0) is 12.3 Å². The molecule has 4 heteroatoms. The average molecular weight is 211 g/mol. The Kier molecular flexibility index (Phi) is 3.48. The highest BCUT2D eigenvalue weighted by molar-refractivity contribution is 7.99. The number of hydrogen-bond donors (Lipinski definition) is 2. The summed E-state index contributed by atoms with van der Waals surface area (Å²) in [6.45, 7) is 0.557. The Morgan fingerprint density at radius 3 is 2.93 bits per heavy atom. The van der Waals surface area contributed by atoms with Crippen molar-refractivity contribution in [3.63, 3.8) is 0 Å². The topological polar surface area (TPSA) is 54.7 Å². The van der Waals surface area contributed by atoms with Crippen LogP contribution >= 0.6 is 11.8 Å². The number of thioether (sulfide) groups is 1. The molecule has 0 unspecified atom stereocenters. The Labute approximate surface area is 88.9 Å². The smallest absolute Gasteiger partial charge is 0.116 e. The number of rotatable bonds is 4. The molecule has 0 atom stereocenters. The summed E-state index contributed by atoms with van der Waals surface area (Å²) in [5.41, 5.74) is 6.54. The molecule has 1 aromatic rings. The first-order chi connectivity index (χ1) is 6.88. The molecule has 1 heterocycles. The van der Waals surface area contributed by atoms with Crippen molar-refractivity contribution in [3.05, 3.63) is 17.7 Å². The SMILES string of the molecule is NCc1cnc(CSC2CCCC2)[nH]1. The molecular weight excluding hydrogens is 194 g/mol.